The molecule has 2 rings (SSSR count). The Labute approximate surface area is 161 Å². The van der Waals surface area contributed by atoms with Crippen molar-refractivity contribution >= 4 is 23.8 Å². The molecule has 146 valence electrons. The van der Waals surface area contributed by atoms with Crippen molar-refractivity contribution in [2.75, 3.05) is 27.3 Å². The maximum atomic E-state index is 12.1. The number of nitrogens with one attached hydrogen (secondary N) is 2. The Morgan fingerprint density at radius 2 is 0.893 bits per heavy atom. The van der Waals surface area contributed by atoms with Gasteiger partial charge in [0.05, 0.1) is 25.3 Å². The van der Waals surface area contributed by atoms with Crippen LogP contribution in [0.3, 0.4) is 0 Å². The first-order valence-corrected chi connectivity index (χ1v) is 8.39. The molecule has 0 spiro atoms. The van der Waals surface area contributed by atoms with Gasteiger partial charge in [0, 0.05) is 24.2 Å². The predicted octanol–water partition coefficient (Wildman–Crippen LogP) is 1.42. The summed E-state index contributed by atoms with van der Waals surface area (Å²) in [5.74, 6) is -1.61. The first-order valence-electron chi connectivity index (χ1n) is 8.39. The molecular weight excluding hydrogens is 364 g/mol. The van der Waals surface area contributed by atoms with Crippen molar-refractivity contribution in [2.45, 2.75) is 0 Å². The van der Waals surface area contributed by atoms with Gasteiger partial charge < -0.3 is 20.1 Å². The van der Waals surface area contributed by atoms with Crippen LogP contribution in [0.2, 0.25) is 0 Å². The molecule has 0 aliphatic heterocycles. The summed E-state index contributed by atoms with van der Waals surface area (Å²) >= 11 is 0. The minimum atomic E-state index is -0.478. The maximum Gasteiger partial charge on any atom is 0.337 e. The van der Waals surface area contributed by atoms with E-state index in [9.17, 15) is 19.2 Å². The number of carbonyl (C=O) groups is 4. The summed E-state index contributed by atoms with van der Waals surface area (Å²) in [4.78, 5) is 46.8. The van der Waals surface area contributed by atoms with Crippen molar-refractivity contribution in [3.8, 4) is 0 Å². The summed E-state index contributed by atoms with van der Waals surface area (Å²) in [5, 5.41) is 5.34. The van der Waals surface area contributed by atoms with Crippen molar-refractivity contribution in [1.29, 1.82) is 0 Å². The number of benzene rings is 2. The molecule has 0 bridgehead atoms. The molecule has 8 nitrogen and oxygen atoms in total. The third-order valence-corrected chi connectivity index (χ3v) is 3.83. The molecule has 2 amide bonds. The molecule has 0 aliphatic carbocycles. The third kappa shape index (κ3) is 5.41. The molecule has 2 aromatic carbocycles. The summed E-state index contributed by atoms with van der Waals surface area (Å²) in [6, 6.07) is 12.1. The van der Waals surface area contributed by atoms with Gasteiger partial charge in [0.15, 0.2) is 0 Å². The Kier molecular flexibility index (Phi) is 7.27. The number of ether oxygens (including phenoxy) is 2. The standard InChI is InChI=1S/C20H20N2O6/c1-27-19(25)15-7-3-13(4-8-15)17(23)21-11-12-22-18(24)14-5-9-16(10-6-14)20(26)28-2/h3-10H,11-12H2,1-2H3,(H,21,23)(H,22,24). The highest BCUT2D eigenvalue weighted by molar-refractivity contribution is 5.97. The zero-order valence-electron chi connectivity index (χ0n) is 15.5. The maximum absolute atomic E-state index is 12.1. The second-order valence-corrected chi connectivity index (χ2v) is 5.65. The molecule has 0 unspecified atom stereocenters. The largest absolute Gasteiger partial charge is 0.465 e. The van der Waals surface area contributed by atoms with Crippen LogP contribution in [-0.4, -0.2) is 51.1 Å². The Bertz CT molecular complexity index is 786. The molecule has 0 atom stereocenters. The zero-order valence-corrected chi connectivity index (χ0v) is 15.5. The quantitative estimate of drug-likeness (QED) is 0.552. The van der Waals surface area contributed by atoms with Gasteiger partial charge in [-0.25, -0.2) is 9.59 Å². The Morgan fingerprint density at radius 1 is 0.607 bits per heavy atom. The van der Waals surface area contributed by atoms with Crippen LogP contribution in [0.15, 0.2) is 48.5 Å². The zero-order chi connectivity index (χ0) is 20.5. The van der Waals surface area contributed by atoms with E-state index in [0.29, 0.717) is 22.3 Å². The lowest BCUT2D eigenvalue weighted by Crippen LogP contribution is -2.34. The molecule has 0 fully saturated rings. The summed E-state index contributed by atoms with van der Waals surface area (Å²) in [6.45, 7) is 0.452. The van der Waals surface area contributed by atoms with Crippen molar-refractivity contribution in [3.63, 3.8) is 0 Å². The van der Waals surface area contributed by atoms with E-state index in [4.69, 9.17) is 0 Å². The Morgan fingerprint density at radius 3 is 1.18 bits per heavy atom. The number of esters is 2. The number of amides is 2. The van der Waals surface area contributed by atoms with Gasteiger partial charge in [-0.3, -0.25) is 9.59 Å². The van der Waals surface area contributed by atoms with E-state index in [0.717, 1.165) is 0 Å². The molecule has 0 saturated carbocycles. The third-order valence-electron chi connectivity index (χ3n) is 3.83. The van der Waals surface area contributed by atoms with Crippen molar-refractivity contribution in [3.05, 3.63) is 70.8 Å². The van der Waals surface area contributed by atoms with E-state index >= 15 is 0 Å². The molecule has 8 heteroatoms. The van der Waals surface area contributed by atoms with Crippen LogP contribution in [0, 0.1) is 0 Å². The average molecular weight is 384 g/mol. The van der Waals surface area contributed by atoms with Crippen LogP contribution in [0.5, 0.6) is 0 Å². The summed E-state index contributed by atoms with van der Waals surface area (Å²) < 4.78 is 9.19. The molecule has 2 N–H and O–H groups in total. The minimum absolute atomic E-state index is 0.226. The summed E-state index contributed by atoms with van der Waals surface area (Å²) in [7, 11) is 2.56. The fraction of sp³-hybridized carbons (Fsp3) is 0.200. The van der Waals surface area contributed by atoms with Crippen LogP contribution >= 0.6 is 0 Å². The van der Waals surface area contributed by atoms with Crippen molar-refractivity contribution in [1.82, 2.24) is 10.6 Å². The second-order valence-electron chi connectivity index (χ2n) is 5.65. The minimum Gasteiger partial charge on any atom is -0.465 e. The van der Waals surface area contributed by atoms with E-state index < -0.39 is 11.9 Å². The predicted molar refractivity (Wildman–Crippen MR) is 100 cm³/mol. The van der Waals surface area contributed by atoms with Crippen LogP contribution in [0.4, 0.5) is 0 Å². The molecular formula is C20H20N2O6. The fourth-order valence-corrected chi connectivity index (χ4v) is 2.31. The molecule has 0 heterocycles. The van der Waals surface area contributed by atoms with E-state index in [-0.39, 0.29) is 24.9 Å². The van der Waals surface area contributed by atoms with Crippen molar-refractivity contribution < 1.29 is 28.7 Å². The normalized spacial score (nSPS) is 9.93. The van der Waals surface area contributed by atoms with E-state index in [1.807, 2.05) is 0 Å². The number of methoxy groups -OCH3 is 2. The van der Waals surface area contributed by atoms with Crippen LogP contribution in [0.1, 0.15) is 41.4 Å². The summed E-state index contributed by atoms with van der Waals surface area (Å²) in [5.41, 5.74) is 1.48. The van der Waals surface area contributed by atoms with Gasteiger partial charge >= 0.3 is 11.9 Å². The van der Waals surface area contributed by atoms with Gasteiger partial charge in [0.2, 0.25) is 0 Å². The molecule has 0 radical (unpaired) electrons. The fourth-order valence-electron chi connectivity index (χ4n) is 2.31. The Hall–Kier alpha value is -3.68. The van der Waals surface area contributed by atoms with Crippen LogP contribution in [-0.2, 0) is 9.47 Å². The monoisotopic (exact) mass is 384 g/mol. The lowest BCUT2D eigenvalue weighted by molar-refractivity contribution is 0.0592. The van der Waals surface area contributed by atoms with Crippen molar-refractivity contribution in [2.24, 2.45) is 0 Å². The lowest BCUT2D eigenvalue weighted by Gasteiger charge is -2.08. The molecule has 0 aliphatic rings. The molecule has 28 heavy (non-hydrogen) atoms. The van der Waals surface area contributed by atoms with Gasteiger partial charge in [-0.05, 0) is 48.5 Å². The smallest absolute Gasteiger partial charge is 0.337 e. The van der Waals surface area contributed by atoms with Gasteiger partial charge in [-0.15, -0.1) is 0 Å². The highest BCUT2D eigenvalue weighted by Gasteiger charge is 2.10. The first-order chi connectivity index (χ1) is 13.5. The van der Waals surface area contributed by atoms with Gasteiger partial charge in [-0.1, -0.05) is 0 Å². The lowest BCUT2D eigenvalue weighted by atomic mass is 10.1. The van der Waals surface area contributed by atoms with E-state index in [1.165, 1.54) is 62.8 Å². The molecule has 0 saturated heterocycles. The highest BCUT2D eigenvalue weighted by Crippen LogP contribution is 2.06. The summed E-state index contributed by atoms with van der Waals surface area (Å²) in [6.07, 6.45) is 0. The topological polar surface area (TPSA) is 111 Å². The highest BCUT2D eigenvalue weighted by atomic mass is 16.5. The number of carbonyl (C=O) groups excluding carboxylic acids is 4. The average Bonchev–Trinajstić information content (AvgIpc) is 2.75. The van der Waals surface area contributed by atoms with Crippen LogP contribution in [0.25, 0.3) is 0 Å². The van der Waals surface area contributed by atoms with Gasteiger partial charge in [0.25, 0.3) is 11.8 Å². The first kappa shape index (κ1) is 20.6. The molecule has 2 aromatic rings. The number of hydrogen-bond acceptors (Lipinski definition) is 6. The van der Waals surface area contributed by atoms with E-state index in [1.54, 1.807) is 0 Å². The van der Waals surface area contributed by atoms with Gasteiger partial charge in [0.1, 0.15) is 0 Å². The second kappa shape index (κ2) is 9.86. The number of hydrogen-bond donors (Lipinski definition) is 2. The van der Waals surface area contributed by atoms with Crippen LogP contribution < -0.4 is 10.6 Å². The number of rotatable bonds is 7. The van der Waals surface area contributed by atoms with E-state index in [2.05, 4.69) is 20.1 Å². The molecule has 0 aromatic heterocycles. The SMILES string of the molecule is COC(=O)c1ccc(C(=O)NCCNC(=O)c2ccc(C(=O)OC)cc2)cc1. The Balaban J connectivity index is 1.78. The van der Waals surface area contributed by atoms with Gasteiger partial charge in [-0.2, -0.15) is 0 Å².